The maximum absolute atomic E-state index is 13.0. The fourth-order valence-electron chi connectivity index (χ4n) is 3.27. The largest absolute Gasteiger partial charge is 0.370 e. The number of amides is 1. The summed E-state index contributed by atoms with van der Waals surface area (Å²) in [6, 6.07) is 16.4. The first-order valence-corrected chi connectivity index (χ1v) is 9.21. The Kier molecular flexibility index (Phi) is 6.75. The van der Waals surface area contributed by atoms with Crippen LogP contribution in [0, 0.1) is 5.82 Å². The minimum Gasteiger partial charge on any atom is -0.370 e. The summed E-state index contributed by atoms with van der Waals surface area (Å²) in [5.41, 5.74) is 2.10. The Morgan fingerprint density at radius 2 is 1.77 bits per heavy atom. The van der Waals surface area contributed by atoms with E-state index in [0.29, 0.717) is 12.8 Å². The lowest BCUT2D eigenvalue weighted by atomic mass is 10.0. The summed E-state index contributed by atoms with van der Waals surface area (Å²) in [5.74, 6) is -0.230. The Labute approximate surface area is 154 Å². The molecular weight excluding hydrogens is 331 g/mol. The van der Waals surface area contributed by atoms with Crippen LogP contribution in [0.1, 0.15) is 23.6 Å². The third-order valence-electron chi connectivity index (χ3n) is 4.78. The highest BCUT2D eigenvalue weighted by atomic mass is 19.1. The van der Waals surface area contributed by atoms with Crippen molar-refractivity contribution >= 4 is 5.91 Å². The molecule has 0 spiro atoms. The second-order valence-electron chi connectivity index (χ2n) is 6.72. The molecule has 0 aliphatic carbocycles. The molecule has 3 rings (SSSR count). The number of hydrogen-bond acceptors (Lipinski definition) is 2. The molecule has 26 heavy (non-hydrogen) atoms. The van der Waals surface area contributed by atoms with Gasteiger partial charge in [-0.15, -0.1) is 0 Å². The van der Waals surface area contributed by atoms with Crippen molar-refractivity contribution in [1.29, 1.82) is 0 Å². The summed E-state index contributed by atoms with van der Waals surface area (Å²) in [7, 11) is 0. The third kappa shape index (κ3) is 5.64. The highest BCUT2D eigenvalue weighted by Crippen LogP contribution is 2.12. The normalized spacial score (nSPS) is 16.2. The number of benzene rings is 2. The van der Waals surface area contributed by atoms with E-state index in [-0.39, 0.29) is 17.8 Å². The maximum Gasteiger partial charge on any atom is 0.221 e. The number of ether oxygens (including phenoxy) is 1. The molecule has 1 amide bonds. The third-order valence-corrected chi connectivity index (χ3v) is 4.78. The molecule has 4 nitrogen and oxygen atoms in total. The molecule has 5 heteroatoms. The highest BCUT2D eigenvalue weighted by Gasteiger charge is 2.22. The Morgan fingerprint density at radius 3 is 2.46 bits per heavy atom. The lowest BCUT2D eigenvalue weighted by Gasteiger charge is -2.28. The number of rotatable bonds is 7. The van der Waals surface area contributed by atoms with Crippen LogP contribution < -0.4 is 10.2 Å². The van der Waals surface area contributed by atoms with E-state index in [1.807, 2.05) is 18.2 Å². The molecule has 2 aromatic carbocycles. The van der Waals surface area contributed by atoms with Gasteiger partial charge >= 0.3 is 0 Å². The van der Waals surface area contributed by atoms with Crippen LogP contribution in [0.4, 0.5) is 4.39 Å². The van der Waals surface area contributed by atoms with Crippen LogP contribution in [0.3, 0.4) is 0 Å². The molecule has 1 atom stereocenters. The Bertz CT molecular complexity index is 685. The van der Waals surface area contributed by atoms with Crippen molar-refractivity contribution in [2.75, 3.05) is 32.8 Å². The second kappa shape index (κ2) is 9.46. The van der Waals surface area contributed by atoms with Crippen molar-refractivity contribution in [3.8, 4) is 0 Å². The maximum atomic E-state index is 13.0. The first-order valence-electron chi connectivity index (χ1n) is 9.21. The molecule has 1 aliphatic rings. The lowest BCUT2D eigenvalue weighted by Crippen LogP contribution is -3.14. The van der Waals surface area contributed by atoms with Crippen LogP contribution in [0.15, 0.2) is 54.6 Å². The summed E-state index contributed by atoms with van der Waals surface area (Å²) >= 11 is 0. The molecule has 2 N–H and O–H groups in total. The molecule has 0 aromatic heterocycles. The van der Waals surface area contributed by atoms with Gasteiger partial charge in [0.25, 0.3) is 0 Å². The van der Waals surface area contributed by atoms with E-state index in [4.69, 9.17) is 4.74 Å². The number of carbonyl (C=O) groups is 1. The molecule has 1 fully saturated rings. The predicted octanol–water partition coefficient (Wildman–Crippen LogP) is 1.53. The molecule has 0 radical (unpaired) electrons. The van der Waals surface area contributed by atoms with E-state index >= 15 is 0 Å². The monoisotopic (exact) mass is 357 g/mol. The molecule has 1 heterocycles. The molecular formula is C21H26FN2O2+. The van der Waals surface area contributed by atoms with Crippen molar-refractivity contribution in [2.24, 2.45) is 0 Å². The van der Waals surface area contributed by atoms with E-state index in [1.54, 1.807) is 12.1 Å². The van der Waals surface area contributed by atoms with Gasteiger partial charge in [-0.3, -0.25) is 4.79 Å². The molecule has 0 bridgehead atoms. The molecule has 1 aliphatic heterocycles. The number of halogens is 1. The average Bonchev–Trinajstić information content (AvgIpc) is 2.68. The van der Waals surface area contributed by atoms with Crippen LogP contribution in [-0.2, 0) is 16.0 Å². The molecule has 138 valence electrons. The molecule has 2 aromatic rings. The van der Waals surface area contributed by atoms with Gasteiger partial charge in [0.1, 0.15) is 31.5 Å². The van der Waals surface area contributed by atoms with E-state index in [1.165, 1.54) is 17.0 Å². The fourth-order valence-corrected chi connectivity index (χ4v) is 3.27. The van der Waals surface area contributed by atoms with E-state index in [0.717, 1.165) is 44.0 Å². The van der Waals surface area contributed by atoms with Gasteiger partial charge in [0.2, 0.25) is 5.91 Å². The molecule has 0 saturated carbocycles. The van der Waals surface area contributed by atoms with Gasteiger partial charge < -0.3 is 15.0 Å². The smallest absolute Gasteiger partial charge is 0.221 e. The second-order valence-corrected chi connectivity index (χ2v) is 6.72. The number of hydrogen-bond donors (Lipinski definition) is 2. The van der Waals surface area contributed by atoms with Crippen LogP contribution >= 0.6 is 0 Å². The van der Waals surface area contributed by atoms with Crippen molar-refractivity contribution in [3.63, 3.8) is 0 Å². The number of nitrogens with one attached hydrogen (secondary N) is 2. The lowest BCUT2D eigenvalue weighted by molar-refractivity contribution is -0.909. The highest BCUT2D eigenvalue weighted by molar-refractivity contribution is 5.76. The van der Waals surface area contributed by atoms with E-state index in [2.05, 4.69) is 17.4 Å². The standard InChI is InChI=1S/C21H25FN2O2/c22-19-9-6-17(7-10-19)8-11-21(25)23-20(18-4-2-1-3-5-18)16-24-12-14-26-15-13-24/h1-7,9-10,20H,8,11-16H2,(H,23,25)/p+1/t20-/m0/s1. The van der Waals surface area contributed by atoms with Gasteiger partial charge in [-0.2, -0.15) is 0 Å². The Balaban J connectivity index is 1.58. The van der Waals surface area contributed by atoms with Crippen molar-refractivity contribution in [1.82, 2.24) is 5.32 Å². The topological polar surface area (TPSA) is 42.8 Å². The number of morpholine rings is 1. The first-order chi connectivity index (χ1) is 12.7. The average molecular weight is 357 g/mol. The summed E-state index contributed by atoms with van der Waals surface area (Å²) in [5, 5.41) is 3.19. The zero-order valence-electron chi connectivity index (χ0n) is 14.9. The summed E-state index contributed by atoms with van der Waals surface area (Å²) in [6.45, 7) is 4.34. The van der Waals surface area contributed by atoms with Crippen molar-refractivity contribution < 1.29 is 18.8 Å². The van der Waals surface area contributed by atoms with Gasteiger partial charge in [0, 0.05) is 6.42 Å². The van der Waals surface area contributed by atoms with Crippen LogP contribution in [0.25, 0.3) is 0 Å². The quantitative estimate of drug-likeness (QED) is 0.789. The minimum atomic E-state index is -0.254. The zero-order valence-corrected chi connectivity index (χ0v) is 14.9. The van der Waals surface area contributed by atoms with E-state index in [9.17, 15) is 9.18 Å². The van der Waals surface area contributed by atoms with Crippen molar-refractivity contribution in [2.45, 2.75) is 18.9 Å². The van der Waals surface area contributed by atoms with Gasteiger partial charge in [0.05, 0.1) is 13.2 Å². The van der Waals surface area contributed by atoms with Crippen LogP contribution in [0.2, 0.25) is 0 Å². The SMILES string of the molecule is O=C(CCc1ccc(F)cc1)N[C@@H](C[NH+]1CCOCC1)c1ccccc1. The number of quaternary nitrogens is 1. The van der Waals surface area contributed by atoms with Gasteiger partial charge in [-0.1, -0.05) is 42.5 Å². The summed E-state index contributed by atoms with van der Waals surface area (Å²) in [4.78, 5) is 13.9. The predicted molar refractivity (Wildman–Crippen MR) is 98.4 cm³/mol. The van der Waals surface area contributed by atoms with Gasteiger partial charge in [0.15, 0.2) is 0 Å². The zero-order chi connectivity index (χ0) is 18.2. The van der Waals surface area contributed by atoms with Gasteiger partial charge in [-0.25, -0.2) is 4.39 Å². The van der Waals surface area contributed by atoms with Gasteiger partial charge in [-0.05, 0) is 29.7 Å². The Hall–Kier alpha value is -2.24. The minimum absolute atomic E-state index is 0.00924. The van der Waals surface area contributed by atoms with Crippen molar-refractivity contribution in [3.05, 3.63) is 71.5 Å². The first kappa shape index (κ1) is 18.5. The fraction of sp³-hybridized carbons (Fsp3) is 0.381. The van der Waals surface area contributed by atoms with Crippen LogP contribution in [-0.4, -0.2) is 38.8 Å². The summed E-state index contributed by atoms with van der Waals surface area (Å²) in [6.07, 6.45) is 1.01. The number of carbonyl (C=O) groups excluding carboxylic acids is 1. The van der Waals surface area contributed by atoms with E-state index < -0.39 is 0 Å². The summed E-state index contributed by atoms with van der Waals surface area (Å²) < 4.78 is 18.4. The molecule has 1 saturated heterocycles. The number of aryl methyl sites for hydroxylation is 1. The van der Waals surface area contributed by atoms with Crippen LogP contribution in [0.5, 0.6) is 0 Å². The Morgan fingerprint density at radius 1 is 1.08 bits per heavy atom. The molecule has 0 unspecified atom stereocenters.